The molecule has 1 aromatic rings. The van der Waals surface area contributed by atoms with E-state index >= 15 is 0 Å². The Morgan fingerprint density at radius 1 is 1.67 bits per heavy atom. The third kappa shape index (κ3) is 4.70. The summed E-state index contributed by atoms with van der Waals surface area (Å²) in [5.74, 6) is -0.173. The van der Waals surface area contributed by atoms with Gasteiger partial charge < -0.3 is 15.4 Å². The van der Waals surface area contributed by atoms with Crippen LogP contribution in [0.15, 0.2) is 12.3 Å². The number of pyridine rings is 1. The predicted molar refractivity (Wildman–Crippen MR) is 73.6 cm³/mol. The van der Waals surface area contributed by atoms with Gasteiger partial charge in [-0.3, -0.25) is 14.9 Å². The first kappa shape index (κ1) is 16.3. The summed E-state index contributed by atoms with van der Waals surface area (Å²) in [4.78, 5) is 25.5. The van der Waals surface area contributed by atoms with Crippen LogP contribution in [0.25, 0.3) is 0 Å². The van der Waals surface area contributed by atoms with E-state index in [9.17, 15) is 14.9 Å². The van der Waals surface area contributed by atoms with Gasteiger partial charge in [-0.2, -0.15) is 5.26 Å². The molecule has 0 saturated heterocycles. The van der Waals surface area contributed by atoms with Crippen LogP contribution in [-0.2, 0) is 9.53 Å². The van der Waals surface area contributed by atoms with E-state index in [1.807, 2.05) is 0 Å². The third-order valence-corrected chi connectivity index (χ3v) is 2.56. The fourth-order valence-corrected chi connectivity index (χ4v) is 1.45. The van der Waals surface area contributed by atoms with Gasteiger partial charge in [0.1, 0.15) is 29.7 Å². The summed E-state index contributed by atoms with van der Waals surface area (Å²) < 4.78 is 4.81. The second-order valence-corrected chi connectivity index (χ2v) is 4.11. The molecule has 0 aromatic carbocycles. The molecule has 9 heteroatoms. The van der Waals surface area contributed by atoms with Crippen molar-refractivity contribution in [2.75, 3.05) is 25.6 Å². The highest BCUT2D eigenvalue weighted by molar-refractivity contribution is 5.84. The number of methoxy groups -OCH3 is 1. The molecule has 0 aliphatic rings. The summed E-state index contributed by atoms with van der Waals surface area (Å²) >= 11 is 0. The second-order valence-electron chi connectivity index (χ2n) is 4.11. The normalized spacial score (nSPS) is 11.3. The van der Waals surface area contributed by atoms with E-state index in [1.165, 1.54) is 7.11 Å². The highest BCUT2D eigenvalue weighted by atomic mass is 16.6. The van der Waals surface area contributed by atoms with Crippen LogP contribution in [0.4, 0.5) is 11.5 Å². The molecule has 2 N–H and O–H groups in total. The maximum absolute atomic E-state index is 11.7. The van der Waals surface area contributed by atoms with Crippen molar-refractivity contribution in [1.29, 1.82) is 5.26 Å². The zero-order chi connectivity index (χ0) is 15.8. The molecule has 1 atom stereocenters. The molecule has 1 amide bonds. The first-order chi connectivity index (χ1) is 9.99. The summed E-state index contributed by atoms with van der Waals surface area (Å²) in [5.41, 5.74) is -0.282. The Bertz CT molecular complexity index is 569. The molecule has 0 aliphatic heterocycles. The molecule has 0 spiro atoms. The molecule has 0 aliphatic carbocycles. The zero-order valence-electron chi connectivity index (χ0n) is 11.6. The standard InChI is InChI=1S/C12H15N5O4/c1-8(12(18)14-3-4-21-2)16-11-9(6-13)5-10(7-15-11)17(19)20/h5,7-8H,3-4H2,1-2H3,(H,14,18)(H,15,16). The van der Waals surface area contributed by atoms with Crippen LogP contribution in [0, 0.1) is 21.4 Å². The number of nitriles is 1. The van der Waals surface area contributed by atoms with Gasteiger partial charge in [-0.15, -0.1) is 0 Å². The lowest BCUT2D eigenvalue weighted by Crippen LogP contribution is -2.39. The molecule has 0 bridgehead atoms. The quantitative estimate of drug-likeness (QED) is 0.423. The van der Waals surface area contributed by atoms with Crippen molar-refractivity contribution < 1.29 is 14.5 Å². The number of hydrogen-bond donors (Lipinski definition) is 2. The maximum atomic E-state index is 11.7. The van der Waals surface area contributed by atoms with Crippen LogP contribution in [-0.4, -0.2) is 42.1 Å². The fourth-order valence-electron chi connectivity index (χ4n) is 1.45. The molecule has 1 rings (SSSR count). The summed E-state index contributed by atoms with van der Waals surface area (Å²) in [5, 5.41) is 25.0. The maximum Gasteiger partial charge on any atom is 0.289 e. The zero-order valence-corrected chi connectivity index (χ0v) is 11.6. The molecule has 21 heavy (non-hydrogen) atoms. The van der Waals surface area contributed by atoms with Gasteiger partial charge in [-0.25, -0.2) is 4.98 Å². The molecule has 1 unspecified atom stereocenters. The molecule has 9 nitrogen and oxygen atoms in total. The number of carbonyl (C=O) groups is 1. The van der Waals surface area contributed by atoms with Crippen LogP contribution in [0.3, 0.4) is 0 Å². The van der Waals surface area contributed by atoms with Gasteiger partial charge in [-0.1, -0.05) is 0 Å². The number of rotatable bonds is 7. The molecular weight excluding hydrogens is 278 g/mol. The molecule has 112 valence electrons. The lowest BCUT2D eigenvalue weighted by Gasteiger charge is -2.15. The highest BCUT2D eigenvalue weighted by Gasteiger charge is 2.17. The summed E-state index contributed by atoms with van der Waals surface area (Å²) in [6.07, 6.45) is 1.03. The van der Waals surface area contributed by atoms with Crippen LogP contribution in [0.2, 0.25) is 0 Å². The average Bonchev–Trinajstić information content (AvgIpc) is 2.47. The molecule has 0 radical (unpaired) electrons. The number of ether oxygens (including phenoxy) is 1. The minimum atomic E-state index is -0.650. The molecule has 0 fully saturated rings. The van der Waals surface area contributed by atoms with E-state index in [4.69, 9.17) is 10.00 Å². The number of anilines is 1. The van der Waals surface area contributed by atoms with E-state index in [0.717, 1.165) is 12.3 Å². The summed E-state index contributed by atoms with van der Waals surface area (Å²) in [7, 11) is 1.52. The van der Waals surface area contributed by atoms with Crippen LogP contribution >= 0.6 is 0 Å². The van der Waals surface area contributed by atoms with Crippen molar-refractivity contribution >= 4 is 17.4 Å². The van der Waals surface area contributed by atoms with Crippen molar-refractivity contribution in [2.45, 2.75) is 13.0 Å². The number of nitrogens with one attached hydrogen (secondary N) is 2. The number of carbonyl (C=O) groups excluding carboxylic acids is 1. The van der Waals surface area contributed by atoms with Crippen LogP contribution < -0.4 is 10.6 Å². The lowest BCUT2D eigenvalue weighted by molar-refractivity contribution is -0.385. The minimum absolute atomic E-state index is 0.000687. The van der Waals surface area contributed by atoms with E-state index < -0.39 is 11.0 Å². The van der Waals surface area contributed by atoms with Gasteiger partial charge in [0.25, 0.3) is 5.69 Å². The van der Waals surface area contributed by atoms with E-state index in [0.29, 0.717) is 13.2 Å². The van der Waals surface area contributed by atoms with Crippen LogP contribution in [0.5, 0.6) is 0 Å². The van der Waals surface area contributed by atoms with Crippen molar-refractivity contribution in [3.05, 3.63) is 27.9 Å². The summed E-state index contributed by atoms with van der Waals surface area (Å²) in [6.45, 7) is 2.34. The van der Waals surface area contributed by atoms with Crippen LogP contribution in [0.1, 0.15) is 12.5 Å². The Balaban J connectivity index is 2.76. The van der Waals surface area contributed by atoms with Gasteiger partial charge in [0, 0.05) is 19.7 Å². The van der Waals surface area contributed by atoms with E-state index in [1.54, 1.807) is 13.0 Å². The monoisotopic (exact) mass is 293 g/mol. The summed E-state index contributed by atoms with van der Waals surface area (Å²) in [6, 6.07) is 2.26. The Kier molecular flexibility index (Phi) is 6.03. The van der Waals surface area contributed by atoms with Gasteiger partial charge >= 0.3 is 0 Å². The van der Waals surface area contributed by atoms with E-state index in [2.05, 4.69) is 15.6 Å². The van der Waals surface area contributed by atoms with Gasteiger partial charge in [0.15, 0.2) is 0 Å². The van der Waals surface area contributed by atoms with Gasteiger partial charge in [0.05, 0.1) is 11.5 Å². The van der Waals surface area contributed by atoms with Crippen molar-refractivity contribution in [2.24, 2.45) is 0 Å². The lowest BCUT2D eigenvalue weighted by atomic mass is 10.2. The second kappa shape index (κ2) is 7.76. The Morgan fingerprint density at radius 2 is 2.38 bits per heavy atom. The molecular formula is C12H15N5O4. The van der Waals surface area contributed by atoms with Crippen molar-refractivity contribution in [3.63, 3.8) is 0 Å². The number of aromatic nitrogens is 1. The van der Waals surface area contributed by atoms with Gasteiger partial charge in [0.2, 0.25) is 5.91 Å². The molecule has 0 saturated carbocycles. The SMILES string of the molecule is COCCNC(=O)C(C)Nc1ncc([N+](=O)[O-])cc1C#N. The molecule has 1 heterocycles. The smallest absolute Gasteiger partial charge is 0.289 e. The molecule has 1 aromatic heterocycles. The van der Waals surface area contributed by atoms with Gasteiger partial charge in [-0.05, 0) is 6.92 Å². The van der Waals surface area contributed by atoms with E-state index in [-0.39, 0.29) is 23.0 Å². The Hall–Kier alpha value is -2.73. The average molecular weight is 293 g/mol. The Labute approximate surface area is 121 Å². The Morgan fingerprint density at radius 3 is 2.95 bits per heavy atom. The van der Waals surface area contributed by atoms with Crippen molar-refractivity contribution in [3.8, 4) is 6.07 Å². The fraction of sp³-hybridized carbons (Fsp3) is 0.417. The number of amides is 1. The topological polar surface area (TPSA) is 130 Å². The van der Waals surface area contributed by atoms with Crippen molar-refractivity contribution in [1.82, 2.24) is 10.3 Å². The third-order valence-electron chi connectivity index (χ3n) is 2.56. The largest absolute Gasteiger partial charge is 0.383 e. The highest BCUT2D eigenvalue weighted by Crippen LogP contribution is 2.18. The minimum Gasteiger partial charge on any atom is -0.383 e. The first-order valence-electron chi connectivity index (χ1n) is 6.07. The predicted octanol–water partition coefficient (Wildman–Crippen LogP) is 0.424. The number of hydrogen-bond acceptors (Lipinski definition) is 7. The number of nitro groups is 1. The number of nitrogens with zero attached hydrogens (tertiary/aromatic N) is 3. The first-order valence-corrected chi connectivity index (χ1v) is 6.07.